The van der Waals surface area contributed by atoms with Gasteiger partial charge in [-0.05, 0) is 43.7 Å². The highest BCUT2D eigenvalue weighted by atomic mass is 35.5. The number of halogens is 1. The molecule has 5 nitrogen and oxygen atoms in total. The molecule has 0 bridgehead atoms. The van der Waals surface area contributed by atoms with Crippen LogP contribution in [-0.4, -0.2) is 24.1 Å². The van der Waals surface area contributed by atoms with Gasteiger partial charge in [-0.15, -0.1) is 0 Å². The predicted molar refractivity (Wildman–Crippen MR) is 102 cm³/mol. The van der Waals surface area contributed by atoms with Crippen molar-refractivity contribution in [3.8, 4) is 16.9 Å². The minimum Gasteiger partial charge on any atom is -0.463 e. The van der Waals surface area contributed by atoms with E-state index >= 15 is 0 Å². The number of fused-ring (bicyclic) bond motifs is 1. The Kier molecular flexibility index (Phi) is 5.28. The van der Waals surface area contributed by atoms with Gasteiger partial charge in [0, 0.05) is 24.2 Å². The van der Waals surface area contributed by atoms with Crippen molar-refractivity contribution in [2.45, 2.75) is 13.8 Å². The van der Waals surface area contributed by atoms with Crippen LogP contribution in [0.15, 0.2) is 57.9 Å². The summed E-state index contributed by atoms with van der Waals surface area (Å²) in [4.78, 5) is 26.3. The molecule has 0 radical (unpaired) electrons. The Balaban J connectivity index is 1.95. The molecule has 1 aromatic heterocycles. The Morgan fingerprint density at radius 1 is 1.12 bits per heavy atom. The lowest BCUT2D eigenvalue weighted by molar-refractivity contribution is 0.157. The molecule has 0 unspecified atom stereocenters. The molecule has 2 aromatic carbocycles. The molecule has 3 rings (SSSR count). The topological polar surface area (TPSA) is 59.8 Å². The maximum absolute atomic E-state index is 12.7. The van der Waals surface area contributed by atoms with E-state index in [2.05, 4.69) is 0 Å². The van der Waals surface area contributed by atoms with Crippen LogP contribution in [0.4, 0.5) is 4.79 Å². The molecule has 134 valence electrons. The summed E-state index contributed by atoms with van der Waals surface area (Å²) in [7, 11) is 0. The first-order chi connectivity index (χ1) is 12.5. The maximum Gasteiger partial charge on any atom is 0.415 e. The number of carbonyl (C=O) groups excluding carboxylic acids is 1. The molecule has 0 saturated carbocycles. The zero-order valence-corrected chi connectivity index (χ0v) is 15.2. The van der Waals surface area contributed by atoms with Crippen LogP contribution in [0.5, 0.6) is 5.75 Å². The summed E-state index contributed by atoms with van der Waals surface area (Å²) in [5, 5.41) is 1.01. The maximum atomic E-state index is 12.7. The van der Waals surface area contributed by atoms with Gasteiger partial charge in [-0.1, -0.05) is 23.7 Å². The van der Waals surface area contributed by atoms with Gasteiger partial charge in [-0.25, -0.2) is 4.79 Å². The molecular weight excluding hydrogens is 354 g/mol. The lowest BCUT2D eigenvalue weighted by Crippen LogP contribution is -2.33. The van der Waals surface area contributed by atoms with Gasteiger partial charge >= 0.3 is 6.09 Å². The van der Waals surface area contributed by atoms with E-state index in [1.54, 1.807) is 47.4 Å². The average molecular weight is 372 g/mol. The van der Waals surface area contributed by atoms with Crippen LogP contribution in [0, 0.1) is 0 Å². The number of benzene rings is 2. The number of ether oxygens (including phenoxy) is 1. The van der Waals surface area contributed by atoms with Crippen LogP contribution >= 0.6 is 11.6 Å². The Morgan fingerprint density at radius 2 is 1.81 bits per heavy atom. The van der Waals surface area contributed by atoms with Crippen molar-refractivity contribution in [2.75, 3.05) is 13.1 Å². The fourth-order valence-electron chi connectivity index (χ4n) is 2.65. The average Bonchev–Trinajstić information content (AvgIpc) is 2.64. The smallest absolute Gasteiger partial charge is 0.415 e. The molecule has 0 atom stereocenters. The van der Waals surface area contributed by atoms with Gasteiger partial charge in [-0.2, -0.15) is 0 Å². The third-order valence-corrected chi connectivity index (χ3v) is 4.38. The molecule has 0 aliphatic carbocycles. The molecule has 1 heterocycles. The van der Waals surface area contributed by atoms with Crippen LogP contribution in [0.3, 0.4) is 0 Å². The standard InChI is InChI=1S/C20H18ClNO4/c1-3-22(4-2)20(24)26-15-9-10-16-18(11-15)25-12-17(19(16)23)13-5-7-14(21)8-6-13/h5-12H,3-4H2,1-2H3. The molecule has 0 aliphatic rings. The van der Waals surface area contributed by atoms with E-state index < -0.39 is 6.09 Å². The van der Waals surface area contributed by atoms with Crippen molar-refractivity contribution in [1.29, 1.82) is 0 Å². The second kappa shape index (κ2) is 7.62. The highest BCUT2D eigenvalue weighted by Gasteiger charge is 2.14. The molecular formula is C20H18ClNO4. The number of rotatable bonds is 4. The summed E-state index contributed by atoms with van der Waals surface area (Å²) in [6.45, 7) is 4.87. The predicted octanol–water partition coefficient (Wildman–Crippen LogP) is 4.95. The molecule has 0 saturated heterocycles. The lowest BCUT2D eigenvalue weighted by atomic mass is 10.1. The van der Waals surface area contributed by atoms with Crippen molar-refractivity contribution < 1.29 is 13.9 Å². The van der Waals surface area contributed by atoms with E-state index in [-0.39, 0.29) is 5.43 Å². The number of amides is 1. The van der Waals surface area contributed by atoms with E-state index in [0.29, 0.717) is 40.4 Å². The van der Waals surface area contributed by atoms with E-state index in [1.807, 2.05) is 13.8 Å². The van der Waals surface area contributed by atoms with Crippen molar-refractivity contribution in [2.24, 2.45) is 0 Å². The molecule has 6 heteroatoms. The van der Waals surface area contributed by atoms with Gasteiger partial charge in [0.2, 0.25) is 0 Å². The molecule has 1 amide bonds. The van der Waals surface area contributed by atoms with Crippen LogP contribution in [0.25, 0.3) is 22.1 Å². The van der Waals surface area contributed by atoms with Gasteiger partial charge < -0.3 is 14.1 Å². The summed E-state index contributed by atoms with van der Waals surface area (Å²) < 4.78 is 11.0. The minimum atomic E-state index is -0.436. The summed E-state index contributed by atoms with van der Waals surface area (Å²) in [6, 6.07) is 11.7. The largest absolute Gasteiger partial charge is 0.463 e. The Hall–Kier alpha value is -2.79. The quantitative estimate of drug-likeness (QED) is 0.650. The van der Waals surface area contributed by atoms with Gasteiger partial charge in [0.05, 0.1) is 10.9 Å². The fourth-order valence-corrected chi connectivity index (χ4v) is 2.77. The van der Waals surface area contributed by atoms with E-state index in [4.69, 9.17) is 20.8 Å². The van der Waals surface area contributed by atoms with Gasteiger partial charge in [0.25, 0.3) is 0 Å². The zero-order valence-electron chi connectivity index (χ0n) is 14.5. The van der Waals surface area contributed by atoms with Crippen molar-refractivity contribution in [3.63, 3.8) is 0 Å². The first-order valence-electron chi connectivity index (χ1n) is 8.31. The van der Waals surface area contributed by atoms with E-state index in [1.165, 1.54) is 6.26 Å². The Bertz CT molecular complexity index is 991. The second-order valence-electron chi connectivity index (χ2n) is 5.68. The first-order valence-corrected chi connectivity index (χ1v) is 8.69. The normalized spacial score (nSPS) is 10.7. The monoisotopic (exact) mass is 371 g/mol. The Morgan fingerprint density at radius 3 is 2.46 bits per heavy atom. The van der Waals surface area contributed by atoms with Crippen molar-refractivity contribution in [3.05, 3.63) is 64.0 Å². The highest BCUT2D eigenvalue weighted by molar-refractivity contribution is 6.30. The number of nitrogens with zero attached hydrogens (tertiary/aromatic N) is 1. The van der Waals surface area contributed by atoms with E-state index in [9.17, 15) is 9.59 Å². The minimum absolute atomic E-state index is 0.157. The van der Waals surface area contributed by atoms with E-state index in [0.717, 1.165) is 5.56 Å². The van der Waals surface area contributed by atoms with Gasteiger partial charge in [-0.3, -0.25) is 4.79 Å². The zero-order chi connectivity index (χ0) is 18.7. The third-order valence-electron chi connectivity index (χ3n) is 4.13. The first kappa shape index (κ1) is 18.0. The molecule has 26 heavy (non-hydrogen) atoms. The van der Waals surface area contributed by atoms with Crippen LogP contribution in [0.1, 0.15) is 13.8 Å². The van der Waals surface area contributed by atoms with Crippen LogP contribution < -0.4 is 10.2 Å². The molecule has 0 spiro atoms. The molecule has 0 aliphatic heterocycles. The summed E-state index contributed by atoms with van der Waals surface area (Å²) >= 11 is 5.89. The summed E-state index contributed by atoms with van der Waals surface area (Å²) in [5.41, 5.74) is 1.37. The van der Waals surface area contributed by atoms with Crippen LogP contribution in [-0.2, 0) is 0 Å². The molecule has 0 fully saturated rings. The SMILES string of the molecule is CCN(CC)C(=O)Oc1ccc2c(=O)c(-c3ccc(Cl)cc3)coc2c1. The van der Waals surface area contributed by atoms with Crippen LogP contribution in [0.2, 0.25) is 5.02 Å². The van der Waals surface area contributed by atoms with Gasteiger partial charge in [0.15, 0.2) is 5.43 Å². The summed E-state index contributed by atoms with van der Waals surface area (Å²) in [5.74, 6) is 0.330. The second-order valence-corrected chi connectivity index (χ2v) is 6.12. The third kappa shape index (κ3) is 3.58. The van der Waals surface area contributed by atoms with Gasteiger partial charge in [0.1, 0.15) is 17.6 Å². The highest BCUT2D eigenvalue weighted by Crippen LogP contribution is 2.24. The number of hydrogen-bond acceptors (Lipinski definition) is 4. The number of hydrogen-bond donors (Lipinski definition) is 0. The summed E-state index contributed by atoms with van der Waals surface area (Å²) in [6.07, 6.45) is 0.971. The fraction of sp³-hybridized carbons (Fsp3) is 0.200. The number of carbonyl (C=O) groups is 1. The van der Waals surface area contributed by atoms with Crippen molar-refractivity contribution >= 4 is 28.7 Å². The lowest BCUT2D eigenvalue weighted by Gasteiger charge is -2.17. The molecule has 0 N–H and O–H groups in total. The Labute approximate surface area is 155 Å². The van der Waals surface area contributed by atoms with Crippen molar-refractivity contribution in [1.82, 2.24) is 4.90 Å². The molecule has 3 aromatic rings.